The predicted octanol–water partition coefficient (Wildman–Crippen LogP) is 5.91. The molecule has 4 aromatic rings. The SMILES string of the molecule is Cc1oc2cc3oc(=O)c(CCC(=O)N4CC[C@@]5(O)CCCC[C@@H]5C4)c(C)c3cc2c1-c1ccccc1. The van der Waals surface area contributed by atoms with Crippen LogP contribution in [0.25, 0.3) is 33.1 Å². The second-order valence-electron chi connectivity index (χ2n) is 10.9. The molecule has 0 bridgehead atoms. The van der Waals surface area contributed by atoms with Gasteiger partial charge in [-0.15, -0.1) is 0 Å². The number of piperidine rings is 1. The minimum absolute atomic E-state index is 0.0406. The summed E-state index contributed by atoms with van der Waals surface area (Å²) in [5.74, 6) is 1.01. The van der Waals surface area contributed by atoms with Crippen LogP contribution in [-0.4, -0.2) is 34.6 Å². The number of carbonyl (C=O) groups is 1. The number of rotatable bonds is 4. The average molecular weight is 500 g/mol. The van der Waals surface area contributed by atoms with Crippen LogP contribution >= 0.6 is 0 Å². The van der Waals surface area contributed by atoms with Gasteiger partial charge in [-0.25, -0.2) is 4.79 Å². The third-order valence-corrected chi connectivity index (χ3v) is 8.70. The number of amides is 1. The molecule has 2 aromatic carbocycles. The molecule has 1 aliphatic carbocycles. The number of carbonyl (C=O) groups excluding carboxylic acids is 1. The molecule has 2 atom stereocenters. The summed E-state index contributed by atoms with van der Waals surface area (Å²) in [5, 5.41) is 12.8. The number of hydrogen-bond donors (Lipinski definition) is 1. The number of aliphatic hydroxyl groups is 1. The van der Waals surface area contributed by atoms with Crippen molar-refractivity contribution in [2.24, 2.45) is 5.92 Å². The molecular formula is C31H33NO5. The fourth-order valence-corrected chi connectivity index (χ4v) is 6.54. The number of furan rings is 1. The smallest absolute Gasteiger partial charge is 0.339 e. The lowest BCUT2D eigenvalue weighted by Crippen LogP contribution is -2.54. The number of hydrogen-bond acceptors (Lipinski definition) is 5. The van der Waals surface area contributed by atoms with Gasteiger partial charge in [0.25, 0.3) is 0 Å². The van der Waals surface area contributed by atoms with Gasteiger partial charge >= 0.3 is 5.63 Å². The molecule has 37 heavy (non-hydrogen) atoms. The van der Waals surface area contributed by atoms with Gasteiger partial charge in [-0.05, 0) is 56.7 Å². The first-order chi connectivity index (χ1) is 17.8. The highest BCUT2D eigenvalue weighted by atomic mass is 16.4. The number of nitrogens with zero attached hydrogens (tertiary/aromatic N) is 1. The highest BCUT2D eigenvalue weighted by Crippen LogP contribution is 2.40. The molecule has 2 aromatic heterocycles. The van der Waals surface area contributed by atoms with Crippen LogP contribution in [0.1, 0.15) is 55.4 Å². The van der Waals surface area contributed by atoms with Gasteiger partial charge in [0.2, 0.25) is 5.91 Å². The molecule has 1 saturated heterocycles. The summed E-state index contributed by atoms with van der Waals surface area (Å²) < 4.78 is 11.8. The molecule has 3 heterocycles. The maximum absolute atomic E-state index is 13.1. The topological polar surface area (TPSA) is 83.9 Å². The van der Waals surface area contributed by atoms with Crippen molar-refractivity contribution < 1.29 is 18.7 Å². The monoisotopic (exact) mass is 499 g/mol. The Labute approximate surface area is 215 Å². The molecule has 192 valence electrons. The summed E-state index contributed by atoms with van der Waals surface area (Å²) in [5.41, 5.74) is 3.67. The first-order valence-corrected chi connectivity index (χ1v) is 13.4. The van der Waals surface area contributed by atoms with Crippen LogP contribution in [0.15, 0.2) is 56.1 Å². The maximum atomic E-state index is 13.1. The Morgan fingerprint density at radius 1 is 1.05 bits per heavy atom. The molecule has 0 unspecified atom stereocenters. The summed E-state index contributed by atoms with van der Waals surface area (Å²) in [6.07, 6.45) is 5.22. The van der Waals surface area contributed by atoms with Crippen LogP contribution in [0.5, 0.6) is 0 Å². The van der Waals surface area contributed by atoms with Gasteiger partial charge in [-0.1, -0.05) is 43.2 Å². The summed E-state index contributed by atoms with van der Waals surface area (Å²) in [6, 6.07) is 14.0. The van der Waals surface area contributed by atoms with E-state index >= 15 is 0 Å². The van der Waals surface area contributed by atoms with Crippen LogP contribution in [-0.2, 0) is 11.2 Å². The van der Waals surface area contributed by atoms with Gasteiger partial charge in [-0.2, -0.15) is 0 Å². The highest BCUT2D eigenvalue weighted by Gasteiger charge is 2.43. The molecule has 2 fully saturated rings. The fraction of sp³-hybridized carbons (Fsp3) is 0.419. The van der Waals surface area contributed by atoms with Crippen molar-refractivity contribution in [2.75, 3.05) is 13.1 Å². The number of benzene rings is 2. The van der Waals surface area contributed by atoms with Crippen molar-refractivity contribution in [3.63, 3.8) is 0 Å². The highest BCUT2D eigenvalue weighted by molar-refractivity contribution is 6.03. The van der Waals surface area contributed by atoms with E-state index in [0.29, 0.717) is 42.7 Å². The first kappa shape index (κ1) is 24.0. The lowest BCUT2D eigenvalue weighted by atomic mass is 9.71. The Morgan fingerprint density at radius 2 is 1.84 bits per heavy atom. The zero-order valence-electron chi connectivity index (χ0n) is 21.5. The Bertz CT molecular complexity index is 1550. The largest absolute Gasteiger partial charge is 0.461 e. The van der Waals surface area contributed by atoms with Crippen molar-refractivity contribution in [3.05, 3.63) is 69.8 Å². The molecule has 0 spiro atoms. The molecule has 1 N–H and O–H groups in total. The van der Waals surface area contributed by atoms with Crippen molar-refractivity contribution in [2.45, 2.75) is 64.4 Å². The predicted molar refractivity (Wildman–Crippen MR) is 144 cm³/mol. The number of fused-ring (bicyclic) bond motifs is 3. The zero-order chi connectivity index (χ0) is 25.7. The minimum Gasteiger partial charge on any atom is -0.461 e. The van der Waals surface area contributed by atoms with E-state index in [1.807, 2.05) is 43.0 Å². The maximum Gasteiger partial charge on any atom is 0.339 e. The van der Waals surface area contributed by atoms with Gasteiger partial charge in [0.15, 0.2) is 0 Å². The summed E-state index contributed by atoms with van der Waals surface area (Å²) in [7, 11) is 0. The summed E-state index contributed by atoms with van der Waals surface area (Å²) in [4.78, 5) is 27.9. The van der Waals surface area contributed by atoms with Gasteiger partial charge in [-0.3, -0.25) is 4.79 Å². The Hall–Kier alpha value is -3.38. The van der Waals surface area contributed by atoms with E-state index in [0.717, 1.165) is 58.9 Å². The molecule has 1 saturated carbocycles. The molecule has 1 aliphatic heterocycles. The number of aryl methyl sites for hydroxylation is 2. The summed E-state index contributed by atoms with van der Waals surface area (Å²) in [6.45, 7) is 5.07. The minimum atomic E-state index is -0.611. The van der Waals surface area contributed by atoms with E-state index in [1.165, 1.54) is 0 Å². The van der Waals surface area contributed by atoms with Crippen LogP contribution in [0.2, 0.25) is 0 Å². The van der Waals surface area contributed by atoms with Crippen LogP contribution in [0.3, 0.4) is 0 Å². The fourth-order valence-electron chi connectivity index (χ4n) is 6.54. The van der Waals surface area contributed by atoms with E-state index in [-0.39, 0.29) is 18.2 Å². The van der Waals surface area contributed by atoms with E-state index in [9.17, 15) is 14.7 Å². The van der Waals surface area contributed by atoms with E-state index < -0.39 is 11.2 Å². The molecule has 6 heteroatoms. The first-order valence-electron chi connectivity index (χ1n) is 13.4. The average Bonchev–Trinajstić information content (AvgIpc) is 3.21. The number of likely N-dealkylation sites (tertiary alicyclic amines) is 1. The molecule has 0 radical (unpaired) electrons. The third-order valence-electron chi connectivity index (χ3n) is 8.70. The Balaban J connectivity index is 1.28. The quantitative estimate of drug-likeness (QED) is 0.353. The van der Waals surface area contributed by atoms with Gasteiger partial charge < -0.3 is 18.8 Å². The normalized spacial score (nSPS) is 21.9. The van der Waals surface area contributed by atoms with Crippen LogP contribution in [0.4, 0.5) is 0 Å². The second-order valence-corrected chi connectivity index (χ2v) is 10.9. The van der Waals surface area contributed by atoms with Crippen molar-refractivity contribution in [1.29, 1.82) is 0 Å². The van der Waals surface area contributed by atoms with Crippen molar-refractivity contribution in [1.82, 2.24) is 4.90 Å². The lowest BCUT2D eigenvalue weighted by molar-refractivity contribution is -0.143. The van der Waals surface area contributed by atoms with Gasteiger partial charge in [0.05, 0.1) is 5.60 Å². The van der Waals surface area contributed by atoms with Crippen molar-refractivity contribution >= 4 is 27.8 Å². The van der Waals surface area contributed by atoms with Crippen LogP contribution in [0, 0.1) is 19.8 Å². The lowest BCUT2D eigenvalue weighted by Gasteiger charge is -2.47. The van der Waals surface area contributed by atoms with Gasteiger partial charge in [0, 0.05) is 53.4 Å². The summed E-state index contributed by atoms with van der Waals surface area (Å²) >= 11 is 0. The Morgan fingerprint density at radius 3 is 2.65 bits per heavy atom. The van der Waals surface area contributed by atoms with Crippen molar-refractivity contribution in [3.8, 4) is 11.1 Å². The van der Waals surface area contributed by atoms with Crippen LogP contribution < -0.4 is 5.63 Å². The third kappa shape index (κ3) is 4.17. The van der Waals surface area contributed by atoms with Gasteiger partial charge in [0.1, 0.15) is 16.9 Å². The van der Waals surface area contributed by atoms with E-state index in [4.69, 9.17) is 8.83 Å². The molecule has 6 nitrogen and oxygen atoms in total. The standard InChI is InChI=1S/C31H33NO5/c1-19-23(11-12-28(33)32-15-14-31(35)13-7-6-10-22(31)18-32)30(34)37-26-17-27-25(16-24(19)26)29(20(2)36-27)21-8-4-3-5-9-21/h3-5,8-9,16-17,22,35H,6-7,10-15,18H2,1-2H3/t22-,31+/m1/s1. The zero-order valence-corrected chi connectivity index (χ0v) is 21.5. The van der Waals surface area contributed by atoms with E-state index in [1.54, 1.807) is 6.07 Å². The second kappa shape index (κ2) is 9.18. The molecule has 2 aliphatic rings. The van der Waals surface area contributed by atoms with E-state index in [2.05, 4.69) is 12.1 Å². The molecular weight excluding hydrogens is 466 g/mol. The molecule has 1 amide bonds. The molecule has 6 rings (SSSR count). The Kier molecular flexibility index (Phi) is 5.95.